The quantitative estimate of drug-likeness (QED) is 0.207. The van der Waals surface area contributed by atoms with Crippen molar-refractivity contribution in [1.29, 1.82) is 0 Å². The number of nitrogens with zero attached hydrogens (tertiary/aromatic N) is 1. The van der Waals surface area contributed by atoms with E-state index < -0.39 is 0 Å². The highest BCUT2D eigenvalue weighted by Gasteiger charge is 2.24. The van der Waals surface area contributed by atoms with Gasteiger partial charge in [-0.1, -0.05) is 72.8 Å². The maximum Gasteiger partial charge on any atom is 0.0613 e. The Hall–Kier alpha value is -4.36. The van der Waals surface area contributed by atoms with Gasteiger partial charge in [-0.05, 0) is 87.0 Å². The van der Waals surface area contributed by atoms with Crippen LogP contribution < -0.4 is 0 Å². The van der Waals surface area contributed by atoms with Gasteiger partial charge in [0.15, 0.2) is 0 Å². The molecule has 2 aliphatic rings. The maximum absolute atomic E-state index is 2.48. The van der Waals surface area contributed by atoms with E-state index in [1.807, 2.05) is 0 Å². The first-order valence-corrected chi connectivity index (χ1v) is 12.4. The van der Waals surface area contributed by atoms with Gasteiger partial charge in [-0.15, -0.1) is 0 Å². The zero-order chi connectivity index (χ0) is 22.7. The standard InChI is InChI=1S/C34H21N/c1-4-10-25-20(7-1)13-23-15-32-30(17-28(23)25)31-18-29-24(14-21-8-2-5-11-26(21)29)16-33(31)35-19-22-9-3-6-12-27(22)34(32)35/h1-12,15-19H,13-14H2. The van der Waals surface area contributed by atoms with Crippen molar-refractivity contribution in [3.05, 3.63) is 126 Å². The molecule has 162 valence electrons. The van der Waals surface area contributed by atoms with E-state index in [-0.39, 0.29) is 0 Å². The molecule has 0 unspecified atom stereocenters. The molecule has 0 aliphatic heterocycles. The van der Waals surface area contributed by atoms with E-state index in [4.69, 9.17) is 0 Å². The molecule has 0 radical (unpaired) electrons. The summed E-state index contributed by atoms with van der Waals surface area (Å²) in [5.41, 5.74) is 14.0. The zero-order valence-electron chi connectivity index (χ0n) is 19.2. The molecule has 0 N–H and O–H groups in total. The molecule has 0 fully saturated rings. The number of rotatable bonds is 0. The monoisotopic (exact) mass is 443 g/mol. The van der Waals surface area contributed by atoms with Crippen molar-refractivity contribution in [3.8, 4) is 22.3 Å². The van der Waals surface area contributed by atoms with Crippen LogP contribution in [0.3, 0.4) is 0 Å². The van der Waals surface area contributed by atoms with E-state index in [1.165, 1.54) is 82.5 Å². The van der Waals surface area contributed by atoms with Gasteiger partial charge in [-0.25, -0.2) is 0 Å². The summed E-state index contributed by atoms with van der Waals surface area (Å²) in [6.07, 6.45) is 4.37. The smallest absolute Gasteiger partial charge is 0.0613 e. The number of hydrogen-bond acceptors (Lipinski definition) is 0. The maximum atomic E-state index is 2.48. The molecule has 5 aromatic carbocycles. The topological polar surface area (TPSA) is 4.41 Å². The van der Waals surface area contributed by atoms with E-state index in [2.05, 4.69) is 108 Å². The van der Waals surface area contributed by atoms with Crippen LogP contribution in [0.5, 0.6) is 0 Å². The number of fused-ring (bicyclic) bond motifs is 14. The first kappa shape index (κ1) is 18.0. The second-order valence-electron chi connectivity index (χ2n) is 10.2. The Morgan fingerprint density at radius 2 is 1.09 bits per heavy atom. The minimum absolute atomic E-state index is 1.01. The molecule has 9 rings (SSSR count). The second kappa shape index (κ2) is 6.20. The lowest BCUT2D eigenvalue weighted by Gasteiger charge is -2.14. The Labute approximate surface area is 202 Å². The van der Waals surface area contributed by atoms with Crippen LogP contribution >= 0.6 is 0 Å². The van der Waals surface area contributed by atoms with Crippen molar-refractivity contribution < 1.29 is 0 Å². The third kappa shape index (κ3) is 2.24. The fourth-order valence-electron chi connectivity index (χ4n) is 6.81. The molecular formula is C34H21N. The highest BCUT2D eigenvalue weighted by molar-refractivity contribution is 6.21. The van der Waals surface area contributed by atoms with Gasteiger partial charge in [-0.2, -0.15) is 0 Å². The minimum atomic E-state index is 1.01. The Morgan fingerprint density at radius 3 is 1.86 bits per heavy atom. The summed E-state index contributed by atoms with van der Waals surface area (Å²) in [5.74, 6) is 0. The molecule has 1 nitrogen and oxygen atoms in total. The van der Waals surface area contributed by atoms with Crippen molar-refractivity contribution in [2.75, 3.05) is 0 Å². The van der Waals surface area contributed by atoms with Crippen molar-refractivity contribution >= 4 is 38.0 Å². The summed E-state index contributed by atoms with van der Waals surface area (Å²) < 4.78 is 2.46. The number of aromatic nitrogens is 1. The average Bonchev–Trinajstić information content (AvgIpc) is 3.57. The van der Waals surface area contributed by atoms with E-state index in [9.17, 15) is 0 Å². The number of pyridine rings is 1. The molecule has 0 amide bonds. The van der Waals surface area contributed by atoms with Gasteiger partial charge in [0.05, 0.1) is 11.0 Å². The molecule has 35 heavy (non-hydrogen) atoms. The van der Waals surface area contributed by atoms with Gasteiger partial charge in [0.25, 0.3) is 0 Å². The first-order chi connectivity index (χ1) is 17.3. The number of hydrogen-bond donors (Lipinski definition) is 0. The van der Waals surface area contributed by atoms with Crippen LogP contribution in [-0.4, -0.2) is 4.40 Å². The first-order valence-electron chi connectivity index (χ1n) is 12.4. The molecule has 1 heteroatoms. The normalized spacial score (nSPS) is 13.5. The van der Waals surface area contributed by atoms with E-state index in [0.717, 1.165) is 12.8 Å². The van der Waals surface area contributed by atoms with E-state index in [0.29, 0.717) is 0 Å². The predicted octanol–water partition coefficient (Wildman–Crippen LogP) is 8.54. The SMILES string of the molecule is c1ccc2c(c1)Cc1cc3c(cc1-2)c1cc2c(cc1n1cc4ccccc4c31)Cc1ccccc1-2. The van der Waals surface area contributed by atoms with Gasteiger partial charge < -0.3 is 4.40 Å². The summed E-state index contributed by atoms with van der Waals surface area (Å²) in [4.78, 5) is 0. The van der Waals surface area contributed by atoms with Crippen molar-refractivity contribution in [2.45, 2.75) is 12.8 Å². The van der Waals surface area contributed by atoms with Crippen LogP contribution in [0.15, 0.2) is 103 Å². The Kier molecular flexibility index (Phi) is 3.19. The summed E-state index contributed by atoms with van der Waals surface area (Å²) in [7, 11) is 0. The van der Waals surface area contributed by atoms with Crippen LogP contribution in [0.2, 0.25) is 0 Å². The number of benzene rings is 5. The van der Waals surface area contributed by atoms with Gasteiger partial charge in [0.1, 0.15) is 0 Å². The molecule has 0 saturated heterocycles. The molecule has 0 bridgehead atoms. The van der Waals surface area contributed by atoms with Gasteiger partial charge in [-0.3, -0.25) is 0 Å². The van der Waals surface area contributed by atoms with Gasteiger partial charge in [0.2, 0.25) is 0 Å². The molecule has 0 saturated carbocycles. The summed E-state index contributed by atoms with van der Waals surface area (Å²) in [5, 5.41) is 6.69. The zero-order valence-corrected chi connectivity index (χ0v) is 19.2. The molecule has 2 aliphatic carbocycles. The van der Waals surface area contributed by atoms with Crippen LogP contribution in [0.1, 0.15) is 22.3 Å². The summed E-state index contributed by atoms with van der Waals surface area (Å²) in [6.45, 7) is 0. The second-order valence-corrected chi connectivity index (χ2v) is 10.2. The van der Waals surface area contributed by atoms with Crippen LogP contribution in [0.4, 0.5) is 0 Å². The third-order valence-corrected chi connectivity index (χ3v) is 8.37. The van der Waals surface area contributed by atoms with Crippen molar-refractivity contribution in [3.63, 3.8) is 0 Å². The minimum Gasteiger partial charge on any atom is -0.315 e. The lowest BCUT2D eigenvalue weighted by atomic mass is 9.94. The van der Waals surface area contributed by atoms with Crippen molar-refractivity contribution in [1.82, 2.24) is 4.40 Å². The molecular weight excluding hydrogens is 422 g/mol. The summed E-state index contributed by atoms with van der Waals surface area (Å²) >= 11 is 0. The Bertz CT molecular complexity index is 2050. The van der Waals surface area contributed by atoms with Gasteiger partial charge >= 0.3 is 0 Å². The van der Waals surface area contributed by atoms with E-state index >= 15 is 0 Å². The molecule has 0 atom stereocenters. The fraction of sp³-hybridized carbons (Fsp3) is 0.0588. The molecule has 2 aromatic heterocycles. The van der Waals surface area contributed by atoms with Crippen LogP contribution in [0, 0.1) is 0 Å². The van der Waals surface area contributed by atoms with Crippen LogP contribution in [0.25, 0.3) is 60.2 Å². The largest absolute Gasteiger partial charge is 0.315 e. The highest BCUT2D eigenvalue weighted by Crippen LogP contribution is 2.45. The molecule has 7 aromatic rings. The van der Waals surface area contributed by atoms with Gasteiger partial charge in [0, 0.05) is 27.7 Å². The molecule has 0 spiro atoms. The summed E-state index contributed by atoms with van der Waals surface area (Å²) in [6, 6.07) is 36.5. The lowest BCUT2D eigenvalue weighted by Crippen LogP contribution is -1.93. The average molecular weight is 444 g/mol. The Balaban J connectivity index is 1.50. The van der Waals surface area contributed by atoms with Crippen molar-refractivity contribution in [2.24, 2.45) is 0 Å². The van der Waals surface area contributed by atoms with E-state index in [1.54, 1.807) is 0 Å². The Morgan fingerprint density at radius 1 is 0.457 bits per heavy atom. The fourth-order valence-corrected chi connectivity index (χ4v) is 6.81. The lowest BCUT2D eigenvalue weighted by molar-refractivity contribution is 1.24. The highest BCUT2D eigenvalue weighted by atomic mass is 14.9. The predicted molar refractivity (Wildman–Crippen MR) is 146 cm³/mol. The third-order valence-electron chi connectivity index (χ3n) is 8.37. The molecule has 2 heterocycles. The van der Waals surface area contributed by atoms with Crippen LogP contribution in [-0.2, 0) is 12.8 Å².